The average molecular weight is 277 g/mol. The summed E-state index contributed by atoms with van der Waals surface area (Å²) in [7, 11) is 0. The van der Waals surface area contributed by atoms with E-state index in [0.717, 1.165) is 11.6 Å². The molecule has 96 valence electrons. The molecule has 0 aliphatic heterocycles. The van der Waals surface area contributed by atoms with Crippen LogP contribution in [-0.4, -0.2) is 0 Å². The van der Waals surface area contributed by atoms with Crippen molar-refractivity contribution in [2.75, 3.05) is 5.73 Å². The van der Waals surface area contributed by atoms with Crippen LogP contribution in [0.4, 0.5) is 10.1 Å². The number of halogens is 2. The zero-order valence-electron chi connectivity index (χ0n) is 9.86. The van der Waals surface area contributed by atoms with E-state index in [0.29, 0.717) is 17.9 Å². The Bertz CT molecular complexity index is 635. The molecule has 0 radical (unpaired) electrons. The zero-order chi connectivity index (χ0) is 13.8. The molecule has 2 aromatic rings. The van der Waals surface area contributed by atoms with Crippen molar-refractivity contribution in [2.24, 2.45) is 0 Å². The van der Waals surface area contributed by atoms with E-state index in [4.69, 9.17) is 27.3 Å². The van der Waals surface area contributed by atoms with E-state index in [-0.39, 0.29) is 10.7 Å². The van der Waals surface area contributed by atoms with Crippen molar-refractivity contribution in [3.05, 3.63) is 52.8 Å². The second-order valence-corrected chi connectivity index (χ2v) is 4.29. The minimum absolute atomic E-state index is 0.0506. The molecule has 0 amide bonds. The minimum Gasteiger partial charge on any atom is -0.455 e. The predicted octanol–water partition coefficient (Wildman–Crippen LogP) is 3.92. The van der Waals surface area contributed by atoms with Crippen molar-refractivity contribution in [2.45, 2.75) is 6.42 Å². The van der Waals surface area contributed by atoms with Gasteiger partial charge in [-0.05, 0) is 17.7 Å². The van der Waals surface area contributed by atoms with Gasteiger partial charge >= 0.3 is 0 Å². The minimum atomic E-state index is -0.587. The summed E-state index contributed by atoms with van der Waals surface area (Å²) < 4.78 is 18.7. The molecule has 19 heavy (non-hydrogen) atoms. The standard InChI is InChI=1S/C14H10ClFN2O/c15-11-7-14(13(18)8-12(11)16)19-10-3-1-9(2-4-10)5-6-17/h1-4,7-8H,5,18H2. The summed E-state index contributed by atoms with van der Waals surface area (Å²) in [4.78, 5) is 0. The Labute approximate surface area is 115 Å². The summed E-state index contributed by atoms with van der Waals surface area (Å²) in [5.41, 5.74) is 6.71. The highest BCUT2D eigenvalue weighted by Crippen LogP contribution is 2.32. The van der Waals surface area contributed by atoms with E-state index < -0.39 is 5.82 Å². The highest BCUT2D eigenvalue weighted by Gasteiger charge is 2.08. The van der Waals surface area contributed by atoms with Crippen LogP contribution in [0.25, 0.3) is 0 Å². The van der Waals surface area contributed by atoms with Crippen molar-refractivity contribution >= 4 is 17.3 Å². The number of hydrogen-bond donors (Lipinski definition) is 1. The van der Waals surface area contributed by atoms with Gasteiger partial charge in [0.1, 0.15) is 11.6 Å². The lowest BCUT2D eigenvalue weighted by Crippen LogP contribution is -1.94. The van der Waals surface area contributed by atoms with Gasteiger partial charge in [-0.1, -0.05) is 23.7 Å². The van der Waals surface area contributed by atoms with Crippen LogP contribution in [0, 0.1) is 17.1 Å². The maximum absolute atomic E-state index is 13.1. The lowest BCUT2D eigenvalue weighted by atomic mass is 10.2. The SMILES string of the molecule is N#CCc1ccc(Oc2cc(Cl)c(F)cc2N)cc1. The van der Waals surface area contributed by atoms with E-state index in [1.165, 1.54) is 6.07 Å². The van der Waals surface area contributed by atoms with Crippen LogP contribution in [0.15, 0.2) is 36.4 Å². The third-order valence-electron chi connectivity index (χ3n) is 2.49. The van der Waals surface area contributed by atoms with Crippen LogP contribution < -0.4 is 10.5 Å². The predicted molar refractivity (Wildman–Crippen MR) is 71.7 cm³/mol. The lowest BCUT2D eigenvalue weighted by molar-refractivity contribution is 0.483. The van der Waals surface area contributed by atoms with Crippen LogP contribution >= 0.6 is 11.6 Å². The molecular formula is C14H10ClFN2O. The fraction of sp³-hybridized carbons (Fsp3) is 0.0714. The summed E-state index contributed by atoms with van der Waals surface area (Å²) in [5, 5.41) is 8.52. The third kappa shape index (κ3) is 3.15. The van der Waals surface area contributed by atoms with Crippen LogP contribution in [0.5, 0.6) is 11.5 Å². The van der Waals surface area contributed by atoms with Gasteiger partial charge in [-0.15, -0.1) is 0 Å². The summed E-state index contributed by atoms with van der Waals surface area (Å²) >= 11 is 5.67. The van der Waals surface area contributed by atoms with Crippen molar-refractivity contribution in [3.8, 4) is 17.6 Å². The third-order valence-corrected chi connectivity index (χ3v) is 2.78. The van der Waals surface area contributed by atoms with Gasteiger partial charge in [0.15, 0.2) is 5.75 Å². The summed E-state index contributed by atoms with van der Waals surface area (Å²) in [6.45, 7) is 0. The van der Waals surface area contributed by atoms with Gasteiger partial charge in [0.25, 0.3) is 0 Å². The number of nitriles is 1. The molecule has 0 aliphatic rings. The maximum atomic E-state index is 13.1. The quantitative estimate of drug-likeness (QED) is 0.865. The van der Waals surface area contributed by atoms with Crippen molar-refractivity contribution in [3.63, 3.8) is 0 Å². The molecular weight excluding hydrogens is 267 g/mol. The molecule has 0 spiro atoms. The molecule has 3 nitrogen and oxygen atoms in total. The number of nitrogen functional groups attached to an aromatic ring is 1. The summed E-state index contributed by atoms with van der Waals surface area (Å²) in [6.07, 6.45) is 0.338. The number of benzene rings is 2. The van der Waals surface area contributed by atoms with Gasteiger partial charge in [0.2, 0.25) is 0 Å². The fourth-order valence-corrected chi connectivity index (χ4v) is 1.68. The van der Waals surface area contributed by atoms with Crippen molar-refractivity contribution in [1.29, 1.82) is 5.26 Å². The molecule has 5 heteroatoms. The second kappa shape index (κ2) is 5.59. The molecule has 0 saturated carbocycles. The van der Waals surface area contributed by atoms with Crippen molar-refractivity contribution in [1.82, 2.24) is 0 Å². The molecule has 0 unspecified atom stereocenters. The molecule has 2 rings (SSSR count). The van der Waals surface area contributed by atoms with E-state index >= 15 is 0 Å². The molecule has 0 bridgehead atoms. The fourth-order valence-electron chi connectivity index (χ4n) is 1.53. The summed E-state index contributed by atoms with van der Waals surface area (Å²) in [5.74, 6) is 0.242. The Morgan fingerprint density at radius 3 is 2.58 bits per heavy atom. The van der Waals surface area contributed by atoms with Gasteiger partial charge < -0.3 is 10.5 Å². The number of nitrogens with two attached hydrogens (primary N) is 1. The maximum Gasteiger partial charge on any atom is 0.151 e. The highest BCUT2D eigenvalue weighted by atomic mass is 35.5. The van der Waals surface area contributed by atoms with Crippen molar-refractivity contribution < 1.29 is 9.13 Å². The molecule has 0 aliphatic carbocycles. The van der Waals surface area contributed by atoms with Gasteiger partial charge in [-0.2, -0.15) is 5.26 Å². The monoisotopic (exact) mass is 276 g/mol. The van der Waals surface area contributed by atoms with Crippen LogP contribution in [0.1, 0.15) is 5.56 Å². The largest absolute Gasteiger partial charge is 0.455 e. The summed E-state index contributed by atoms with van der Waals surface area (Å²) in [6, 6.07) is 11.5. The molecule has 0 aromatic heterocycles. The van der Waals surface area contributed by atoms with E-state index in [1.54, 1.807) is 24.3 Å². The number of anilines is 1. The Balaban J connectivity index is 2.22. The molecule has 0 atom stereocenters. The Kier molecular flexibility index (Phi) is 3.88. The Morgan fingerprint density at radius 2 is 1.95 bits per heavy atom. The highest BCUT2D eigenvalue weighted by molar-refractivity contribution is 6.31. The molecule has 2 aromatic carbocycles. The van der Waals surface area contributed by atoms with E-state index in [2.05, 4.69) is 6.07 Å². The Morgan fingerprint density at radius 1 is 1.26 bits per heavy atom. The first-order valence-electron chi connectivity index (χ1n) is 5.48. The first-order valence-corrected chi connectivity index (χ1v) is 5.86. The van der Waals surface area contributed by atoms with Gasteiger partial charge in [0, 0.05) is 12.1 Å². The lowest BCUT2D eigenvalue weighted by Gasteiger charge is -2.09. The van der Waals surface area contributed by atoms with E-state index in [1.807, 2.05) is 0 Å². The second-order valence-electron chi connectivity index (χ2n) is 3.89. The average Bonchev–Trinajstić information content (AvgIpc) is 2.38. The molecule has 2 N–H and O–H groups in total. The Hall–Kier alpha value is -2.25. The van der Waals surface area contributed by atoms with Crippen LogP contribution in [0.2, 0.25) is 5.02 Å². The number of rotatable bonds is 3. The molecule has 0 heterocycles. The van der Waals surface area contributed by atoms with Gasteiger partial charge in [-0.25, -0.2) is 4.39 Å². The first kappa shape index (κ1) is 13.2. The van der Waals surface area contributed by atoms with Crippen LogP contribution in [-0.2, 0) is 6.42 Å². The van der Waals surface area contributed by atoms with Crippen LogP contribution in [0.3, 0.4) is 0 Å². The van der Waals surface area contributed by atoms with Gasteiger partial charge in [-0.3, -0.25) is 0 Å². The number of hydrogen-bond acceptors (Lipinski definition) is 3. The molecule has 0 fully saturated rings. The number of nitrogens with zero attached hydrogens (tertiary/aromatic N) is 1. The molecule has 0 saturated heterocycles. The topological polar surface area (TPSA) is 59.0 Å². The van der Waals surface area contributed by atoms with E-state index in [9.17, 15) is 4.39 Å². The van der Waals surface area contributed by atoms with Gasteiger partial charge in [0.05, 0.1) is 23.2 Å². The smallest absolute Gasteiger partial charge is 0.151 e. The normalized spacial score (nSPS) is 9.95. The zero-order valence-corrected chi connectivity index (χ0v) is 10.6. The number of ether oxygens (including phenoxy) is 1. The first-order chi connectivity index (χ1) is 9.10.